The van der Waals surface area contributed by atoms with Gasteiger partial charge in [-0.05, 0) is 61.0 Å². The normalized spacial score (nSPS) is 13.4. The number of carbonyl (C=O) groups is 2. The van der Waals surface area contributed by atoms with Crippen LogP contribution in [-0.2, 0) is 26.0 Å². The van der Waals surface area contributed by atoms with Gasteiger partial charge in [0.05, 0.1) is 5.69 Å². The zero-order chi connectivity index (χ0) is 22.0. The van der Waals surface area contributed by atoms with E-state index in [1.165, 1.54) is 15.6 Å². The van der Waals surface area contributed by atoms with E-state index in [9.17, 15) is 18.0 Å². The first-order chi connectivity index (χ1) is 14.8. The van der Waals surface area contributed by atoms with Crippen LogP contribution in [0.4, 0.5) is 17.1 Å². The molecule has 1 aromatic heterocycles. The average molecular weight is 456 g/mol. The molecule has 0 radical (unpaired) electrons. The van der Waals surface area contributed by atoms with Crippen molar-refractivity contribution >= 4 is 50.2 Å². The molecule has 160 valence electrons. The summed E-state index contributed by atoms with van der Waals surface area (Å²) >= 11 is 1.17. The van der Waals surface area contributed by atoms with E-state index in [2.05, 4.69) is 10.6 Å². The van der Waals surface area contributed by atoms with E-state index in [1.54, 1.807) is 47.8 Å². The van der Waals surface area contributed by atoms with Gasteiger partial charge in [-0.2, -0.15) is 0 Å². The van der Waals surface area contributed by atoms with Crippen LogP contribution in [-0.4, -0.2) is 26.8 Å². The van der Waals surface area contributed by atoms with E-state index >= 15 is 0 Å². The fourth-order valence-corrected chi connectivity index (χ4v) is 6.04. The first-order valence-electron chi connectivity index (χ1n) is 9.73. The number of anilines is 3. The highest BCUT2D eigenvalue weighted by Gasteiger charge is 2.30. The summed E-state index contributed by atoms with van der Waals surface area (Å²) in [6, 6.07) is 15.5. The molecule has 0 unspecified atom stereocenters. The summed E-state index contributed by atoms with van der Waals surface area (Å²) in [6.45, 7) is 2.29. The molecule has 31 heavy (non-hydrogen) atoms. The van der Waals surface area contributed by atoms with Gasteiger partial charge in [0.25, 0.3) is 10.0 Å². The number of hydrogen-bond donors (Lipinski definition) is 2. The van der Waals surface area contributed by atoms with Crippen LogP contribution in [0.25, 0.3) is 0 Å². The van der Waals surface area contributed by atoms with Gasteiger partial charge in [0.15, 0.2) is 0 Å². The molecule has 1 aliphatic rings. The van der Waals surface area contributed by atoms with Crippen molar-refractivity contribution in [2.75, 3.05) is 21.5 Å². The van der Waals surface area contributed by atoms with Crippen molar-refractivity contribution in [2.45, 2.75) is 24.0 Å². The Morgan fingerprint density at radius 3 is 2.32 bits per heavy atom. The minimum Gasteiger partial charge on any atom is -0.318 e. The maximum absolute atomic E-state index is 13.1. The molecule has 2 amide bonds. The molecule has 2 aromatic carbocycles. The van der Waals surface area contributed by atoms with Gasteiger partial charge in [0, 0.05) is 17.9 Å². The van der Waals surface area contributed by atoms with Gasteiger partial charge in [-0.25, -0.2) is 8.42 Å². The predicted molar refractivity (Wildman–Crippen MR) is 122 cm³/mol. The van der Waals surface area contributed by atoms with Gasteiger partial charge in [0.2, 0.25) is 0 Å². The van der Waals surface area contributed by atoms with E-state index in [1.807, 2.05) is 19.1 Å². The Kier molecular flexibility index (Phi) is 5.79. The third-order valence-corrected chi connectivity index (χ3v) is 8.16. The van der Waals surface area contributed by atoms with Crippen LogP contribution in [0.2, 0.25) is 0 Å². The van der Waals surface area contributed by atoms with Crippen molar-refractivity contribution in [1.29, 1.82) is 0 Å². The Labute approximate surface area is 184 Å². The van der Waals surface area contributed by atoms with Gasteiger partial charge in [-0.1, -0.05) is 29.8 Å². The van der Waals surface area contributed by atoms with E-state index in [-0.39, 0.29) is 4.21 Å². The largest absolute Gasteiger partial charge is 0.318 e. The number of aryl methyl sites for hydroxylation is 2. The summed E-state index contributed by atoms with van der Waals surface area (Å²) in [6.07, 6.45) is 1.45. The highest BCUT2D eigenvalue weighted by Crippen LogP contribution is 2.35. The summed E-state index contributed by atoms with van der Waals surface area (Å²) < 4.78 is 27.8. The molecular formula is C22H21N3O4S2. The molecule has 9 heteroatoms. The molecule has 3 aromatic rings. The number of nitrogens with one attached hydrogen (secondary N) is 2. The molecule has 0 atom stereocenters. The van der Waals surface area contributed by atoms with Gasteiger partial charge in [-0.3, -0.25) is 13.9 Å². The van der Waals surface area contributed by atoms with Crippen LogP contribution in [0.1, 0.15) is 17.5 Å². The van der Waals surface area contributed by atoms with Crippen molar-refractivity contribution in [3.8, 4) is 0 Å². The molecule has 0 spiro atoms. The lowest BCUT2D eigenvalue weighted by Gasteiger charge is -2.30. The van der Waals surface area contributed by atoms with Crippen molar-refractivity contribution in [3.63, 3.8) is 0 Å². The number of benzene rings is 2. The van der Waals surface area contributed by atoms with Crippen molar-refractivity contribution in [1.82, 2.24) is 0 Å². The van der Waals surface area contributed by atoms with E-state index < -0.39 is 21.8 Å². The van der Waals surface area contributed by atoms with E-state index in [0.29, 0.717) is 30.0 Å². The Hall–Kier alpha value is -3.17. The minimum atomic E-state index is -3.68. The van der Waals surface area contributed by atoms with Gasteiger partial charge >= 0.3 is 11.8 Å². The molecule has 0 saturated heterocycles. The monoisotopic (exact) mass is 455 g/mol. The van der Waals surface area contributed by atoms with Crippen LogP contribution < -0.4 is 14.9 Å². The molecule has 0 saturated carbocycles. The molecule has 2 N–H and O–H groups in total. The third-order valence-electron chi connectivity index (χ3n) is 4.97. The summed E-state index contributed by atoms with van der Waals surface area (Å²) in [7, 11) is -3.68. The lowest BCUT2D eigenvalue weighted by Crippen LogP contribution is -2.35. The molecule has 7 nitrogen and oxygen atoms in total. The standard InChI is InChI=1S/C22H21N3O4S2/c1-15-6-9-17(10-7-15)23-21(26)22(27)24-18-11-8-16-4-2-12-25(19(16)14-18)31(28,29)20-5-3-13-30-20/h3,5-11,13-14H,2,4,12H2,1H3,(H,23,26)(H,24,27). The Morgan fingerprint density at radius 1 is 0.968 bits per heavy atom. The number of rotatable bonds is 4. The first kappa shape index (κ1) is 21.1. The van der Waals surface area contributed by atoms with Crippen LogP contribution in [0.5, 0.6) is 0 Å². The number of nitrogens with zero attached hydrogens (tertiary/aromatic N) is 1. The summed E-state index contributed by atoms with van der Waals surface area (Å²) in [5, 5.41) is 6.83. The maximum Gasteiger partial charge on any atom is 0.314 e. The fraction of sp³-hybridized carbons (Fsp3) is 0.182. The summed E-state index contributed by atoms with van der Waals surface area (Å²) in [5.74, 6) is -1.63. The number of carbonyl (C=O) groups excluding carboxylic acids is 2. The molecular weight excluding hydrogens is 434 g/mol. The smallest absolute Gasteiger partial charge is 0.314 e. The number of thiophene rings is 1. The zero-order valence-electron chi connectivity index (χ0n) is 16.8. The van der Waals surface area contributed by atoms with Gasteiger partial charge in [0.1, 0.15) is 4.21 Å². The average Bonchev–Trinajstić information content (AvgIpc) is 3.30. The fourth-order valence-electron chi connectivity index (χ4n) is 3.40. The van der Waals surface area contributed by atoms with Crippen molar-refractivity contribution in [2.24, 2.45) is 0 Å². The maximum atomic E-state index is 13.1. The molecule has 1 aliphatic heterocycles. The highest BCUT2D eigenvalue weighted by molar-refractivity contribution is 7.94. The van der Waals surface area contributed by atoms with Crippen LogP contribution in [0.15, 0.2) is 64.2 Å². The lowest BCUT2D eigenvalue weighted by atomic mass is 10.0. The number of hydrogen-bond acceptors (Lipinski definition) is 5. The quantitative estimate of drug-likeness (QED) is 0.586. The Balaban J connectivity index is 1.54. The Morgan fingerprint density at radius 2 is 1.65 bits per heavy atom. The molecule has 0 aliphatic carbocycles. The minimum absolute atomic E-state index is 0.271. The topological polar surface area (TPSA) is 95.6 Å². The summed E-state index contributed by atoms with van der Waals surface area (Å²) in [5.41, 5.74) is 3.32. The van der Waals surface area contributed by atoms with Crippen molar-refractivity contribution < 1.29 is 18.0 Å². The van der Waals surface area contributed by atoms with E-state index in [0.717, 1.165) is 17.5 Å². The molecule has 4 rings (SSSR count). The van der Waals surface area contributed by atoms with Gasteiger partial charge < -0.3 is 10.6 Å². The Bertz CT molecular complexity index is 1220. The van der Waals surface area contributed by atoms with Crippen LogP contribution in [0, 0.1) is 6.92 Å². The van der Waals surface area contributed by atoms with Crippen LogP contribution >= 0.6 is 11.3 Å². The first-order valence-corrected chi connectivity index (χ1v) is 12.0. The highest BCUT2D eigenvalue weighted by atomic mass is 32.2. The third kappa shape index (κ3) is 4.47. The second-order valence-corrected chi connectivity index (χ2v) is 10.3. The van der Waals surface area contributed by atoms with Gasteiger partial charge in [-0.15, -0.1) is 11.3 Å². The summed E-state index contributed by atoms with van der Waals surface area (Å²) in [4.78, 5) is 24.6. The van der Waals surface area contributed by atoms with Crippen LogP contribution in [0.3, 0.4) is 0 Å². The molecule has 0 fully saturated rings. The zero-order valence-corrected chi connectivity index (χ0v) is 18.4. The molecule has 0 bridgehead atoms. The van der Waals surface area contributed by atoms with Crippen molar-refractivity contribution in [3.05, 3.63) is 71.1 Å². The second-order valence-electron chi connectivity index (χ2n) is 7.23. The number of sulfonamides is 1. The predicted octanol–water partition coefficient (Wildman–Crippen LogP) is 3.78. The number of fused-ring (bicyclic) bond motifs is 1. The second kappa shape index (κ2) is 8.52. The SMILES string of the molecule is Cc1ccc(NC(=O)C(=O)Nc2ccc3c(c2)N(S(=O)(=O)c2cccs2)CCC3)cc1. The molecule has 2 heterocycles. The number of amides is 2. The lowest BCUT2D eigenvalue weighted by molar-refractivity contribution is -0.132. The van der Waals surface area contributed by atoms with E-state index in [4.69, 9.17) is 0 Å².